The van der Waals surface area contributed by atoms with Gasteiger partial charge in [-0.25, -0.2) is 4.98 Å². The Hall–Kier alpha value is -3.61. The van der Waals surface area contributed by atoms with E-state index in [1.165, 1.54) is 0 Å². The lowest BCUT2D eigenvalue weighted by molar-refractivity contribution is -0.146. The van der Waals surface area contributed by atoms with Crippen molar-refractivity contribution < 1.29 is 4.79 Å². The van der Waals surface area contributed by atoms with Gasteiger partial charge in [-0.1, -0.05) is 24.8 Å². The minimum Gasteiger partial charge on any atom is -0.384 e. The maximum Gasteiger partial charge on any atom is 0.223 e. The van der Waals surface area contributed by atoms with Crippen molar-refractivity contribution in [3.63, 3.8) is 0 Å². The molecule has 1 spiro atoms. The Balaban J connectivity index is 1.31. The van der Waals surface area contributed by atoms with Gasteiger partial charge in [0.05, 0.1) is 11.9 Å². The van der Waals surface area contributed by atoms with Crippen LogP contribution < -0.4 is 5.73 Å². The average molecular weight is 443 g/mol. The van der Waals surface area contributed by atoms with E-state index in [1.54, 1.807) is 12.4 Å². The Kier molecular flexibility index (Phi) is 5.62. The molecule has 1 amide bonds. The van der Waals surface area contributed by atoms with Crippen LogP contribution in [0.15, 0.2) is 78.0 Å². The summed E-state index contributed by atoms with van der Waals surface area (Å²) < 4.78 is 0. The van der Waals surface area contributed by atoms with Crippen LogP contribution in [-0.4, -0.2) is 50.0 Å². The molecule has 7 nitrogen and oxygen atoms in total. The number of carbonyl (C=O) groups excluding carboxylic acids is 1. The molecule has 33 heavy (non-hydrogen) atoms. The zero-order valence-electron chi connectivity index (χ0n) is 18.8. The summed E-state index contributed by atoms with van der Waals surface area (Å²) in [6.07, 6.45) is 17.7. The number of nitrogens with one attached hydrogen (secondary N) is 1. The number of hydrogen-bond donors (Lipinski definition) is 2. The number of aromatic amines is 1. The van der Waals surface area contributed by atoms with E-state index in [-0.39, 0.29) is 11.4 Å². The molecule has 0 saturated carbocycles. The highest BCUT2D eigenvalue weighted by atomic mass is 16.2. The number of nitrogens with zero attached hydrogens (tertiary/aromatic N) is 4. The van der Waals surface area contributed by atoms with Crippen molar-refractivity contribution in [3.8, 4) is 0 Å². The minimum absolute atomic E-state index is 0.116. The molecule has 4 heterocycles. The fourth-order valence-electron chi connectivity index (χ4n) is 5.23. The van der Waals surface area contributed by atoms with Crippen LogP contribution in [0.1, 0.15) is 37.7 Å². The Morgan fingerprint density at radius 2 is 2.09 bits per heavy atom. The van der Waals surface area contributed by atoms with Crippen molar-refractivity contribution in [1.82, 2.24) is 19.8 Å². The van der Waals surface area contributed by atoms with E-state index in [0.717, 1.165) is 66.7 Å². The second kappa shape index (κ2) is 8.73. The minimum atomic E-state index is -0.116. The van der Waals surface area contributed by atoms with Crippen molar-refractivity contribution >= 4 is 22.7 Å². The SMILES string of the molecule is C=C1C=CC=CC1=N/C=C(\N)N1CCC2(CCCC(=O)N2Cc2c[nH]c3ncccc23)CC1. The lowest BCUT2D eigenvalue weighted by Gasteiger charge is -2.51. The number of hydrogen-bond acceptors (Lipinski definition) is 5. The van der Waals surface area contributed by atoms with Crippen molar-refractivity contribution in [2.24, 2.45) is 10.7 Å². The molecule has 0 atom stereocenters. The molecule has 3 N–H and O–H groups in total. The van der Waals surface area contributed by atoms with E-state index < -0.39 is 0 Å². The van der Waals surface area contributed by atoms with Gasteiger partial charge in [-0.3, -0.25) is 9.79 Å². The van der Waals surface area contributed by atoms with Crippen LogP contribution in [-0.2, 0) is 11.3 Å². The molecule has 2 aromatic heterocycles. The van der Waals surface area contributed by atoms with E-state index >= 15 is 0 Å². The molecule has 5 rings (SSSR count). The maximum absolute atomic E-state index is 13.1. The lowest BCUT2D eigenvalue weighted by atomic mass is 9.78. The van der Waals surface area contributed by atoms with E-state index in [1.807, 2.05) is 36.6 Å². The summed E-state index contributed by atoms with van der Waals surface area (Å²) in [6, 6.07) is 4.01. The van der Waals surface area contributed by atoms with Gasteiger partial charge < -0.3 is 20.5 Å². The number of aliphatic imine (C=N–C) groups is 1. The van der Waals surface area contributed by atoms with Crippen LogP contribution >= 0.6 is 0 Å². The maximum atomic E-state index is 13.1. The number of piperidine rings is 2. The molecule has 0 bridgehead atoms. The summed E-state index contributed by atoms with van der Waals surface area (Å²) in [7, 11) is 0. The van der Waals surface area contributed by atoms with E-state index in [2.05, 4.69) is 37.4 Å². The van der Waals surface area contributed by atoms with Crippen molar-refractivity contribution in [2.45, 2.75) is 44.2 Å². The molecule has 2 saturated heterocycles. The summed E-state index contributed by atoms with van der Waals surface area (Å²) in [4.78, 5) is 29.5. The topological polar surface area (TPSA) is 90.6 Å². The van der Waals surface area contributed by atoms with E-state index in [0.29, 0.717) is 18.8 Å². The molecule has 2 aliphatic heterocycles. The van der Waals surface area contributed by atoms with Gasteiger partial charge in [0.1, 0.15) is 11.5 Å². The second-order valence-electron chi connectivity index (χ2n) is 9.07. The third-order valence-electron chi connectivity index (χ3n) is 7.16. The molecular weight excluding hydrogens is 412 g/mol. The number of likely N-dealkylation sites (tertiary alicyclic amines) is 2. The Labute approximate surface area is 194 Å². The number of nitrogens with two attached hydrogens (primary N) is 1. The van der Waals surface area contributed by atoms with Gasteiger partial charge in [0.15, 0.2) is 0 Å². The third-order valence-corrected chi connectivity index (χ3v) is 7.16. The molecule has 0 unspecified atom stereocenters. The number of amides is 1. The first-order chi connectivity index (χ1) is 16.1. The summed E-state index contributed by atoms with van der Waals surface area (Å²) in [5.74, 6) is 0.906. The van der Waals surface area contributed by atoms with Gasteiger partial charge in [0.25, 0.3) is 0 Å². The zero-order valence-corrected chi connectivity index (χ0v) is 18.8. The van der Waals surface area contributed by atoms with Crippen molar-refractivity contribution in [2.75, 3.05) is 13.1 Å². The van der Waals surface area contributed by atoms with Crippen LogP contribution in [0.3, 0.4) is 0 Å². The first kappa shape index (κ1) is 21.2. The lowest BCUT2D eigenvalue weighted by Crippen LogP contribution is -2.59. The average Bonchev–Trinajstić information content (AvgIpc) is 3.24. The summed E-state index contributed by atoms with van der Waals surface area (Å²) in [5.41, 5.74) is 9.96. The highest BCUT2D eigenvalue weighted by Crippen LogP contribution is 2.39. The first-order valence-corrected chi connectivity index (χ1v) is 11.6. The quantitative estimate of drug-likeness (QED) is 0.754. The van der Waals surface area contributed by atoms with Gasteiger partial charge in [-0.05, 0) is 55.0 Å². The number of allylic oxidation sites excluding steroid dienone is 5. The van der Waals surface area contributed by atoms with Gasteiger partial charge in [0.2, 0.25) is 5.91 Å². The van der Waals surface area contributed by atoms with Gasteiger partial charge in [-0.15, -0.1) is 0 Å². The summed E-state index contributed by atoms with van der Waals surface area (Å²) >= 11 is 0. The van der Waals surface area contributed by atoms with E-state index in [4.69, 9.17) is 5.73 Å². The van der Waals surface area contributed by atoms with Crippen LogP contribution in [0.4, 0.5) is 0 Å². The monoisotopic (exact) mass is 442 g/mol. The standard InChI is InChI=1S/C26H30N6O/c1-19-6-2-3-8-22(19)29-17-23(27)31-14-11-26(12-15-31)10-4-9-24(33)32(26)18-20-16-30-25-21(20)7-5-13-28-25/h2-3,5-8,13,16-17H,1,4,9-12,14-15,18,27H2,(H,28,30)/b23-17+,29-22?. The molecule has 2 fully saturated rings. The first-order valence-electron chi connectivity index (χ1n) is 11.6. The molecule has 170 valence electrons. The largest absolute Gasteiger partial charge is 0.384 e. The third kappa shape index (κ3) is 4.11. The van der Waals surface area contributed by atoms with Gasteiger partial charge >= 0.3 is 0 Å². The number of H-pyrrole nitrogens is 1. The van der Waals surface area contributed by atoms with Gasteiger partial charge in [-0.2, -0.15) is 0 Å². The van der Waals surface area contributed by atoms with E-state index in [9.17, 15) is 4.79 Å². The Morgan fingerprint density at radius 1 is 1.27 bits per heavy atom. The van der Waals surface area contributed by atoms with Crippen LogP contribution in [0.5, 0.6) is 0 Å². The predicted octanol–water partition coefficient (Wildman–Crippen LogP) is 3.79. The van der Waals surface area contributed by atoms with Gasteiger partial charge in [0, 0.05) is 49.4 Å². The molecule has 0 radical (unpaired) electrons. The number of carbonyl (C=O) groups is 1. The number of aromatic nitrogens is 2. The number of rotatable bonds is 4. The molecule has 1 aliphatic carbocycles. The molecule has 3 aliphatic rings. The molecule has 7 heteroatoms. The van der Waals surface area contributed by atoms with Crippen molar-refractivity contribution in [1.29, 1.82) is 0 Å². The highest BCUT2D eigenvalue weighted by molar-refractivity contribution is 6.11. The molecular formula is C26H30N6O. The fourth-order valence-corrected chi connectivity index (χ4v) is 5.23. The van der Waals surface area contributed by atoms with Crippen LogP contribution in [0.25, 0.3) is 11.0 Å². The zero-order chi connectivity index (χ0) is 22.8. The highest BCUT2D eigenvalue weighted by Gasteiger charge is 2.44. The smallest absolute Gasteiger partial charge is 0.223 e. The predicted molar refractivity (Wildman–Crippen MR) is 131 cm³/mol. The fraction of sp³-hybridized carbons (Fsp3) is 0.346. The Bertz CT molecular complexity index is 1190. The van der Waals surface area contributed by atoms with Crippen LogP contribution in [0.2, 0.25) is 0 Å². The molecule has 2 aromatic rings. The van der Waals surface area contributed by atoms with Crippen molar-refractivity contribution in [3.05, 3.63) is 78.6 Å². The summed E-state index contributed by atoms with van der Waals surface area (Å²) in [6.45, 7) is 6.25. The number of pyridine rings is 1. The van der Waals surface area contributed by atoms with Crippen LogP contribution in [0, 0.1) is 0 Å². The second-order valence-corrected chi connectivity index (χ2v) is 9.07. The number of fused-ring (bicyclic) bond motifs is 1. The molecule has 0 aromatic carbocycles. The summed E-state index contributed by atoms with van der Waals surface area (Å²) in [5, 5.41) is 1.09. The Morgan fingerprint density at radius 3 is 2.91 bits per heavy atom. The normalized spacial score (nSPS) is 22.2.